The minimum atomic E-state index is 0.0659. The van der Waals surface area contributed by atoms with E-state index in [9.17, 15) is 4.79 Å². The van der Waals surface area contributed by atoms with Gasteiger partial charge < -0.3 is 19.9 Å². The van der Waals surface area contributed by atoms with E-state index >= 15 is 0 Å². The number of amides is 2. The molecule has 6 heteroatoms. The van der Waals surface area contributed by atoms with Crippen LogP contribution in [0.3, 0.4) is 0 Å². The number of hydrogen-bond donors (Lipinski definition) is 1. The number of carbonyl (C=O) groups excluding carboxylic acids is 1. The fraction of sp³-hybridized carbons (Fsp3) is 0.632. The van der Waals surface area contributed by atoms with Gasteiger partial charge in [0.25, 0.3) is 0 Å². The van der Waals surface area contributed by atoms with Gasteiger partial charge in [-0.3, -0.25) is 0 Å². The molecule has 2 fully saturated rings. The molecule has 5 nitrogen and oxygen atoms in total. The van der Waals surface area contributed by atoms with Crippen LogP contribution in [0.5, 0.6) is 5.75 Å². The number of urea groups is 1. The van der Waals surface area contributed by atoms with E-state index in [1.54, 1.807) is 0 Å². The molecule has 25 heavy (non-hydrogen) atoms. The molecule has 2 aliphatic heterocycles. The molecule has 1 aromatic carbocycles. The van der Waals surface area contributed by atoms with Crippen LogP contribution >= 0.6 is 11.6 Å². The summed E-state index contributed by atoms with van der Waals surface area (Å²) in [5, 5.41) is 3.80. The lowest BCUT2D eigenvalue weighted by Crippen LogP contribution is -2.47. The Morgan fingerprint density at radius 3 is 2.76 bits per heavy atom. The highest BCUT2D eigenvalue weighted by Crippen LogP contribution is 2.22. The molecule has 2 heterocycles. The van der Waals surface area contributed by atoms with Gasteiger partial charge in [-0.1, -0.05) is 24.6 Å². The molecule has 1 aromatic rings. The lowest BCUT2D eigenvalue weighted by Gasteiger charge is -2.32. The maximum absolute atomic E-state index is 12.4. The summed E-state index contributed by atoms with van der Waals surface area (Å²) >= 11 is 5.99. The van der Waals surface area contributed by atoms with Crippen LogP contribution in [-0.4, -0.2) is 61.2 Å². The third kappa shape index (κ3) is 5.25. The molecule has 1 N–H and O–H groups in total. The summed E-state index contributed by atoms with van der Waals surface area (Å²) in [6, 6.07) is 7.55. The Bertz CT molecular complexity index is 576. The Balaban J connectivity index is 1.37. The van der Waals surface area contributed by atoms with Crippen molar-refractivity contribution in [1.82, 2.24) is 15.1 Å². The molecule has 0 saturated carbocycles. The number of likely N-dealkylation sites (tertiary alicyclic amines) is 2. The molecule has 2 aliphatic rings. The standard InChI is InChI=1S/C19H28ClN3O2/c1-2-22-9-6-15(14-22)13-21-19(24)23-10-7-17(8-11-23)25-18-5-3-4-16(20)12-18/h3-5,12,15,17H,2,6-11,13-14H2,1H3,(H,21,24)/t15-/m1/s1. The van der Waals surface area contributed by atoms with E-state index < -0.39 is 0 Å². The van der Waals surface area contributed by atoms with E-state index in [0.717, 1.165) is 57.9 Å². The molecule has 0 spiro atoms. The van der Waals surface area contributed by atoms with Crippen LogP contribution in [0.1, 0.15) is 26.2 Å². The molecule has 0 radical (unpaired) electrons. The Hall–Kier alpha value is -1.46. The average molecular weight is 366 g/mol. The van der Waals surface area contributed by atoms with Gasteiger partial charge in [0.15, 0.2) is 0 Å². The van der Waals surface area contributed by atoms with Gasteiger partial charge in [-0.25, -0.2) is 4.79 Å². The van der Waals surface area contributed by atoms with Crippen molar-refractivity contribution in [2.75, 3.05) is 39.3 Å². The molecule has 2 saturated heterocycles. The number of piperidine rings is 1. The van der Waals surface area contributed by atoms with Gasteiger partial charge in [-0.15, -0.1) is 0 Å². The first-order valence-electron chi connectivity index (χ1n) is 9.31. The van der Waals surface area contributed by atoms with Gasteiger partial charge in [0.05, 0.1) is 0 Å². The quantitative estimate of drug-likeness (QED) is 0.871. The predicted molar refractivity (Wildman–Crippen MR) is 100 cm³/mol. The Labute approximate surface area is 155 Å². The average Bonchev–Trinajstić information content (AvgIpc) is 3.08. The van der Waals surface area contributed by atoms with Crippen molar-refractivity contribution in [3.05, 3.63) is 29.3 Å². The molecule has 0 unspecified atom stereocenters. The number of rotatable bonds is 5. The first kappa shape index (κ1) is 18.3. The van der Waals surface area contributed by atoms with Crippen LogP contribution in [-0.2, 0) is 0 Å². The zero-order valence-corrected chi connectivity index (χ0v) is 15.7. The van der Waals surface area contributed by atoms with Gasteiger partial charge in [0.2, 0.25) is 0 Å². The van der Waals surface area contributed by atoms with E-state index in [1.165, 1.54) is 6.42 Å². The number of nitrogens with one attached hydrogen (secondary N) is 1. The maximum Gasteiger partial charge on any atom is 0.317 e. The lowest BCUT2D eigenvalue weighted by molar-refractivity contribution is 0.110. The summed E-state index contributed by atoms with van der Waals surface area (Å²) in [6.45, 7) is 7.82. The van der Waals surface area contributed by atoms with Gasteiger partial charge in [0.1, 0.15) is 11.9 Å². The van der Waals surface area contributed by atoms with Crippen molar-refractivity contribution >= 4 is 17.6 Å². The number of carbonyl (C=O) groups is 1. The number of ether oxygens (including phenoxy) is 1. The summed E-state index contributed by atoms with van der Waals surface area (Å²) in [5.74, 6) is 1.39. The molecule has 1 atom stereocenters. The molecular weight excluding hydrogens is 338 g/mol. The Morgan fingerprint density at radius 2 is 2.08 bits per heavy atom. The van der Waals surface area contributed by atoms with Crippen LogP contribution in [0.15, 0.2) is 24.3 Å². The van der Waals surface area contributed by atoms with Crippen LogP contribution in [0.25, 0.3) is 0 Å². The van der Waals surface area contributed by atoms with Crippen molar-refractivity contribution in [2.24, 2.45) is 5.92 Å². The molecular formula is C19H28ClN3O2. The molecule has 3 rings (SSSR count). The minimum Gasteiger partial charge on any atom is -0.490 e. The summed E-state index contributed by atoms with van der Waals surface area (Å²) in [4.78, 5) is 16.7. The van der Waals surface area contributed by atoms with Gasteiger partial charge in [-0.2, -0.15) is 0 Å². The number of halogens is 1. The largest absolute Gasteiger partial charge is 0.490 e. The highest BCUT2D eigenvalue weighted by atomic mass is 35.5. The van der Waals surface area contributed by atoms with E-state index in [4.69, 9.17) is 16.3 Å². The summed E-state index contributed by atoms with van der Waals surface area (Å²) < 4.78 is 5.98. The highest BCUT2D eigenvalue weighted by Gasteiger charge is 2.26. The van der Waals surface area contributed by atoms with Crippen molar-refractivity contribution < 1.29 is 9.53 Å². The smallest absolute Gasteiger partial charge is 0.317 e. The molecule has 0 aromatic heterocycles. The number of nitrogens with zero attached hydrogens (tertiary/aromatic N) is 2. The topological polar surface area (TPSA) is 44.8 Å². The Kier molecular flexibility index (Phi) is 6.43. The van der Waals surface area contributed by atoms with E-state index in [-0.39, 0.29) is 12.1 Å². The first-order chi connectivity index (χ1) is 12.1. The van der Waals surface area contributed by atoms with E-state index in [0.29, 0.717) is 10.9 Å². The van der Waals surface area contributed by atoms with Crippen LogP contribution < -0.4 is 10.1 Å². The normalized spacial score (nSPS) is 22.2. The van der Waals surface area contributed by atoms with E-state index in [1.807, 2.05) is 29.2 Å². The van der Waals surface area contributed by atoms with Crippen LogP contribution in [0.2, 0.25) is 5.02 Å². The lowest BCUT2D eigenvalue weighted by atomic mass is 10.1. The minimum absolute atomic E-state index is 0.0659. The summed E-state index contributed by atoms with van der Waals surface area (Å²) in [5.41, 5.74) is 0. The molecule has 138 valence electrons. The number of hydrogen-bond acceptors (Lipinski definition) is 3. The molecule has 0 bridgehead atoms. The fourth-order valence-corrected chi connectivity index (χ4v) is 3.80. The van der Waals surface area contributed by atoms with Crippen molar-refractivity contribution in [2.45, 2.75) is 32.3 Å². The number of benzene rings is 1. The molecule has 2 amide bonds. The summed E-state index contributed by atoms with van der Waals surface area (Å²) in [7, 11) is 0. The SMILES string of the molecule is CCN1CC[C@H](CNC(=O)N2CCC(Oc3cccc(Cl)c3)CC2)C1. The van der Waals surface area contributed by atoms with Crippen molar-refractivity contribution in [1.29, 1.82) is 0 Å². The van der Waals surface area contributed by atoms with Gasteiger partial charge in [-0.05, 0) is 43.6 Å². The zero-order chi connectivity index (χ0) is 17.6. The van der Waals surface area contributed by atoms with E-state index in [2.05, 4.69) is 17.1 Å². The zero-order valence-electron chi connectivity index (χ0n) is 14.9. The molecule has 0 aliphatic carbocycles. The second kappa shape index (κ2) is 8.77. The first-order valence-corrected chi connectivity index (χ1v) is 9.69. The second-order valence-corrected chi connectivity index (χ2v) is 7.43. The van der Waals surface area contributed by atoms with Gasteiger partial charge in [0, 0.05) is 44.0 Å². The van der Waals surface area contributed by atoms with Crippen molar-refractivity contribution in [3.63, 3.8) is 0 Å². The van der Waals surface area contributed by atoms with Crippen LogP contribution in [0.4, 0.5) is 4.79 Å². The Morgan fingerprint density at radius 1 is 1.28 bits per heavy atom. The second-order valence-electron chi connectivity index (χ2n) is 7.00. The predicted octanol–water partition coefficient (Wildman–Crippen LogP) is 3.23. The summed E-state index contributed by atoms with van der Waals surface area (Å²) in [6.07, 6.45) is 3.04. The highest BCUT2D eigenvalue weighted by molar-refractivity contribution is 6.30. The third-order valence-corrected chi connectivity index (χ3v) is 5.42. The van der Waals surface area contributed by atoms with Gasteiger partial charge >= 0.3 is 6.03 Å². The maximum atomic E-state index is 12.4. The van der Waals surface area contributed by atoms with Crippen molar-refractivity contribution in [3.8, 4) is 5.75 Å². The monoisotopic (exact) mass is 365 g/mol. The van der Waals surface area contributed by atoms with Crippen LogP contribution in [0, 0.1) is 5.92 Å². The third-order valence-electron chi connectivity index (χ3n) is 5.19. The fourth-order valence-electron chi connectivity index (χ4n) is 3.62.